The maximum absolute atomic E-state index is 9.10. The van der Waals surface area contributed by atoms with Gasteiger partial charge in [-0.1, -0.05) is 15.9 Å². The molecule has 0 saturated heterocycles. The Bertz CT molecular complexity index is 385. The van der Waals surface area contributed by atoms with E-state index in [4.69, 9.17) is 10.4 Å². The van der Waals surface area contributed by atoms with E-state index < -0.39 is 0 Å². The summed E-state index contributed by atoms with van der Waals surface area (Å²) in [5.41, 5.74) is 1.47. The molecule has 1 atom stereocenters. The van der Waals surface area contributed by atoms with Crippen molar-refractivity contribution in [2.24, 2.45) is 0 Å². The molecule has 0 saturated carbocycles. The van der Waals surface area contributed by atoms with Gasteiger partial charge in [-0.05, 0) is 38.0 Å². The van der Waals surface area contributed by atoms with Crippen molar-refractivity contribution in [2.45, 2.75) is 25.9 Å². The number of rotatable bonds is 5. The van der Waals surface area contributed by atoms with Gasteiger partial charge in [-0.3, -0.25) is 0 Å². The minimum atomic E-state index is -0.262. The predicted molar refractivity (Wildman–Crippen MR) is 68.3 cm³/mol. The molecule has 1 rings (SSSR count). The Morgan fingerprint density at radius 2 is 2.31 bits per heavy atom. The first-order chi connectivity index (χ1) is 7.63. The molecule has 16 heavy (non-hydrogen) atoms. The number of nitrogens with one attached hydrogen (secondary N) is 1. The van der Waals surface area contributed by atoms with Crippen LogP contribution >= 0.6 is 15.9 Å². The molecule has 0 amide bonds. The standard InChI is InChI=1S/C12H15BrN2O/c1-9(16)3-2-6-15-12-5-4-11(13)7-10(12)8-14/h4-5,7,9,15-16H,2-3,6H2,1H3. The molecule has 1 aromatic rings. The monoisotopic (exact) mass is 282 g/mol. The lowest BCUT2D eigenvalue weighted by atomic mass is 10.2. The first-order valence-corrected chi connectivity index (χ1v) is 6.04. The number of hydrogen-bond acceptors (Lipinski definition) is 3. The summed E-state index contributed by atoms with van der Waals surface area (Å²) in [6, 6.07) is 7.71. The van der Waals surface area contributed by atoms with Crippen LogP contribution in [-0.4, -0.2) is 17.8 Å². The van der Waals surface area contributed by atoms with Gasteiger partial charge in [-0.2, -0.15) is 5.26 Å². The molecular formula is C12H15BrN2O. The van der Waals surface area contributed by atoms with Crippen LogP contribution in [0, 0.1) is 11.3 Å². The number of benzene rings is 1. The van der Waals surface area contributed by atoms with Crippen LogP contribution in [0.2, 0.25) is 0 Å². The van der Waals surface area contributed by atoms with E-state index >= 15 is 0 Å². The molecule has 86 valence electrons. The molecule has 0 radical (unpaired) electrons. The van der Waals surface area contributed by atoms with E-state index in [0.29, 0.717) is 5.56 Å². The van der Waals surface area contributed by atoms with Gasteiger partial charge in [0.1, 0.15) is 6.07 Å². The lowest BCUT2D eigenvalue weighted by Crippen LogP contribution is -2.07. The molecule has 0 aromatic heterocycles. The van der Waals surface area contributed by atoms with Gasteiger partial charge in [0.25, 0.3) is 0 Å². The third kappa shape index (κ3) is 4.21. The molecule has 0 spiro atoms. The van der Waals surface area contributed by atoms with E-state index in [2.05, 4.69) is 27.3 Å². The Kier molecular flexibility index (Phi) is 5.30. The van der Waals surface area contributed by atoms with Gasteiger partial charge in [0, 0.05) is 11.0 Å². The quantitative estimate of drug-likeness (QED) is 0.817. The van der Waals surface area contributed by atoms with Crippen molar-refractivity contribution in [3.8, 4) is 6.07 Å². The molecule has 0 fully saturated rings. The summed E-state index contributed by atoms with van der Waals surface area (Å²) >= 11 is 3.33. The highest BCUT2D eigenvalue weighted by molar-refractivity contribution is 9.10. The van der Waals surface area contributed by atoms with Gasteiger partial charge < -0.3 is 10.4 Å². The highest BCUT2D eigenvalue weighted by atomic mass is 79.9. The number of halogens is 1. The average Bonchev–Trinajstić information content (AvgIpc) is 2.25. The van der Waals surface area contributed by atoms with Gasteiger partial charge in [0.2, 0.25) is 0 Å². The summed E-state index contributed by atoms with van der Waals surface area (Å²) in [4.78, 5) is 0. The van der Waals surface area contributed by atoms with Crippen LogP contribution in [-0.2, 0) is 0 Å². The number of anilines is 1. The fourth-order valence-corrected chi connectivity index (χ4v) is 1.74. The Hall–Kier alpha value is -1.05. The van der Waals surface area contributed by atoms with Crippen molar-refractivity contribution in [3.63, 3.8) is 0 Å². The van der Waals surface area contributed by atoms with Gasteiger partial charge in [0.05, 0.1) is 17.4 Å². The second-order valence-corrected chi connectivity index (χ2v) is 4.64. The summed E-state index contributed by atoms with van der Waals surface area (Å²) < 4.78 is 0.901. The van der Waals surface area contributed by atoms with Gasteiger partial charge in [-0.15, -0.1) is 0 Å². The van der Waals surface area contributed by atoms with E-state index in [-0.39, 0.29) is 6.10 Å². The molecule has 4 heteroatoms. The number of nitrogens with zero attached hydrogens (tertiary/aromatic N) is 1. The maximum atomic E-state index is 9.10. The maximum Gasteiger partial charge on any atom is 0.101 e. The van der Waals surface area contributed by atoms with Crippen molar-refractivity contribution in [3.05, 3.63) is 28.2 Å². The highest BCUT2D eigenvalue weighted by Gasteiger charge is 2.02. The Morgan fingerprint density at radius 1 is 1.56 bits per heavy atom. The lowest BCUT2D eigenvalue weighted by molar-refractivity contribution is 0.183. The van der Waals surface area contributed by atoms with E-state index in [0.717, 1.165) is 29.5 Å². The number of hydrogen-bond donors (Lipinski definition) is 2. The second kappa shape index (κ2) is 6.51. The summed E-state index contributed by atoms with van der Waals surface area (Å²) in [6.07, 6.45) is 1.39. The molecule has 1 aromatic carbocycles. The molecule has 0 heterocycles. The molecule has 1 unspecified atom stereocenters. The van der Waals surface area contributed by atoms with Crippen molar-refractivity contribution < 1.29 is 5.11 Å². The van der Waals surface area contributed by atoms with Crippen LogP contribution in [0.15, 0.2) is 22.7 Å². The fourth-order valence-electron chi connectivity index (χ4n) is 1.38. The van der Waals surface area contributed by atoms with E-state index in [1.807, 2.05) is 12.1 Å². The van der Waals surface area contributed by atoms with Crippen LogP contribution in [0.3, 0.4) is 0 Å². The van der Waals surface area contributed by atoms with Gasteiger partial charge in [-0.25, -0.2) is 0 Å². The minimum Gasteiger partial charge on any atom is -0.393 e. The largest absolute Gasteiger partial charge is 0.393 e. The summed E-state index contributed by atoms with van der Waals surface area (Å²) in [6.45, 7) is 2.54. The van der Waals surface area contributed by atoms with E-state index in [9.17, 15) is 0 Å². The summed E-state index contributed by atoms with van der Waals surface area (Å²) in [7, 11) is 0. The summed E-state index contributed by atoms with van der Waals surface area (Å²) in [5.74, 6) is 0. The van der Waals surface area contributed by atoms with Crippen LogP contribution < -0.4 is 5.32 Å². The molecule has 0 aliphatic rings. The molecule has 0 bridgehead atoms. The number of nitriles is 1. The van der Waals surface area contributed by atoms with Gasteiger partial charge in [0.15, 0.2) is 0 Å². The Balaban J connectivity index is 2.51. The SMILES string of the molecule is CC(O)CCCNc1ccc(Br)cc1C#N. The third-order valence-electron chi connectivity index (χ3n) is 2.22. The molecule has 3 nitrogen and oxygen atoms in total. The predicted octanol–water partition coefficient (Wildman–Crippen LogP) is 2.89. The van der Waals surface area contributed by atoms with Crippen molar-refractivity contribution >= 4 is 21.6 Å². The highest BCUT2D eigenvalue weighted by Crippen LogP contribution is 2.20. The molecular weight excluding hydrogens is 268 g/mol. The topological polar surface area (TPSA) is 56.0 Å². The van der Waals surface area contributed by atoms with Crippen LogP contribution in [0.5, 0.6) is 0 Å². The smallest absolute Gasteiger partial charge is 0.101 e. The van der Waals surface area contributed by atoms with Crippen LogP contribution in [0.4, 0.5) is 5.69 Å². The molecule has 0 aliphatic heterocycles. The molecule has 0 aliphatic carbocycles. The lowest BCUT2D eigenvalue weighted by Gasteiger charge is -2.09. The normalized spacial score (nSPS) is 11.9. The zero-order valence-electron chi connectivity index (χ0n) is 9.20. The minimum absolute atomic E-state index is 0.262. The van der Waals surface area contributed by atoms with Crippen molar-refractivity contribution in [2.75, 3.05) is 11.9 Å². The van der Waals surface area contributed by atoms with Crippen molar-refractivity contribution in [1.29, 1.82) is 5.26 Å². The van der Waals surface area contributed by atoms with E-state index in [1.165, 1.54) is 0 Å². The Labute approximate surface area is 104 Å². The third-order valence-corrected chi connectivity index (χ3v) is 2.71. The van der Waals surface area contributed by atoms with Gasteiger partial charge >= 0.3 is 0 Å². The fraction of sp³-hybridized carbons (Fsp3) is 0.417. The van der Waals surface area contributed by atoms with Crippen LogP contribution in [0.25, 0.3) is 0 Å². The Morgan fingerprint density at radius 3 is 2.94 bits per heavy atom. The molecule has 2 N–H and O–H groups in total. The summed E-state index contributed by atoms with van der Waals surface area (Å²) in [5, 5.41) is 21.2. The second-order valence-electron chi connectivity index (χ2n) is 3.72. The van der Waals surface area contributed by atoms with Crippen molar-refractivity contribution in [1.82, 2.24) is 0 Å². The number of aliphatic hydroxyl groups excluding tert-OH is 1. The average molecular weight is 283 g/mol. The first-order valence-electron chi connectivity index (χ1n) is 5.25. The number of aliphatic hydroxyl groups is 1. The first kappa shape index (κ1) is 13.0. The zero-order valence-corrected chi connectivity index (χ0v) is 10.8. The zero-order chi connectivity index (χ0) is 12.0. The van der Waals surface area contributed by atoms with Crippen LogP contribution in [0.1, 0.15) is 25.3 Å². The van der Waals surface area contributed by atoms with E-state index in [1.54, 1.807) is 13.0 Å².